The summed E-state index contributed by atoms with van der Waals surface area (Å²) in [7, 11) is 1.91. The van der Waals surface area contributed by atoms with Crippen LogP contribution in [0.15, 0.2) is 48.5 Å². The predicted molar refractivity (Wildman–Crippen MR) is 82.5 cm³/mol. The van der Waals surface area contributed by atoms with Crippen molar-refractivity contribution >= 4 is 10.8 Å². The fraction of sp³-hybridized carbons (Fsp3) is 0.176. The summed E-state index contributed by atoms with van der Waals surface area (Å²) >= 11 is 0. The summed E-state index contributed by atoms with van der Waals surface area (Å²) < 4.78 is 0. The molecule has 0 unspecified atom stereocenters. The van der Waals surface area contributed by atoms with E-state index in [0.29, 0.717) is 6.54 Å². The summed E-state index contributed by atoms with van der Waals surface area (Å²) in [6.45, 7) is 2.69. The molecule has 3 aromatic rings. The van der Waals surface area contributed by atoms with Crippen molar-refractivity contribution in [3.8, 4) is 11.3 Å². The largest absolute Gasteiger partial charge is 0.313 e. The highest BCUT2D eigenvalue weighted by Gasteiger charge is 2.07. The Balaban J connectivity index is 2.20. The van der Waals surface area contributed by atoms with Gasteiger partial charge < -0.3 is 5.32 Å². The molecule has 1 heterocycles. The van der Waals surface area contributed by atoms with E-state index >= 15 is 0 Å². The molecule has 0 bridgehead atoms. The highest BCUT2D eigenvalue weighted by Crippen LogP contribution is 2.27. The van der Waals surface area contributed by atoms with Gasteiger partial charge in [0, 0.05) is 11.3 Å². The van der Waals surface area contributed by atoms with E-state index < -0.39 is 0 Å². The van der Waals surface area contributed by atoms with E-state index in [4.69, 9.17) is 0 Å². The molecule has 1 aromatic heterocycles. The quantitative estimate of drug-likeness (QED) is 0.787. The first-order valence-electron chi connectivity index (χ1n) is 6.75. The van der Waals surface area contributed by atoms with Gasteiger partial charge in [-0.2, -0.15) is 0 Å². The van der Waals surface area contributed by atoms with Crippen molar-refractivity contribution in [1.29, 1.82) is 0 Å². The van der Waals surface area contributed by atoms with Gasteiger partial charge in [0.15, 0.2) is 0 Å². The minimum atomic E-state index is 0.680. The summed E-state index contributed by atoms with van der Waals surface area (Å²) in [6, 6.07) is 16.8. The van der Waals surface area contributed by atoms with Crippen LogP contribution >= 0.6 is 0 Å². The maximum Gasteiger partial charge on any atom is 0.143 e. The van der Waals surface area contributed by atoms with Crippen LogP contribution in [0.1, 0.15) is 11.5 Å². The third-order valence-corrected chi connectivity index (χ3v) is 3.30. The number of hydrogen-bond acceptors (Lipinski definition) is 3. The van der Waals surface area contributed by atoms with Gasteiger partial charge >= 0.3 is 0 Å². The molecule has 3 nitrogen and oxygen atoms in total. The Labute approximate surface area is 118 Å². The van der Waals surface area contributed by atoms with Crippen molar-refractivity contribution < 1.29 is 0 Å². The van der Waals surface area contributed by atoms with Crippen LogP contribution in [0, 0.1) is 6.92 Å². The number of nitrogens with one attached hydrogen (secondary N) is 1. The van der Waals surface area contributed by atoms with Gasteiger partial charge in [-0.3, -0.25) is 0 Å². The molecule has 2 aromatic carbocycles. The maximum absolute atomic E-state index is 4.67. The third-order valence-electron chi connectivity index (χ3n) is 3.30. The highest BCUT2D eigenvalue weighted by molar-refractivity contribution is 5.95. The van der Waals surface area contributed by atoms with Crippen LogP contribution in [0.25, 0.3) is 22.0 Å². The molecule has 0 amide bonds. The van der Waals surface area contributed by atoms with E-state index in [-0.39, 0.29) is 0 Å². The first-order valence-corrected chi connectivity index (χ1v) is 6.75. The molecule has 100 valence electrons. The summed E-state index contributed by atoms with van der Waals surface area (Å²) in [5, 5.41) is 5.56. The van der Waals surface area contributed by atoms with E-state index in [1.54, 1.807) is 0 Å². The zero-order chi connectivity index (χ0) is 13.9. The lowest BCUT2D eigenvalue weighted by Gasteiger charge is -2.09. The second-order valence-electron chi connectivity index (χ2n) is 4.87. The van der Waals surface area contributed by atoms with Crippen LogP contribution in [0.5, 0.6) is 0 Å². The van der Waals surface area contributed by atoms with Crippen LogP contribution in [0.2, 0.25) is 0 Å². The van der Waals surface area contributed by atoms with Gasteiger partial charge in [0.05, 0.1) is 12.2 Å². The van der Waals surface area contributed by atoms with Gasteiger partial charge in [-0.25, -0.2) is 9.97 Å². The van der Waals surface area contributed by atoms with E-state index in [9.17, 15) is 0 Å². The highest BCUT2D eigenvalue weighted by atomic mass is 15.0. The average Bonchev–Trinajstić information content (AvgIpc) is 2.46. The smallest absolute Gasteiger partial charge is 0.143 e. The van der Waals surface area contributed by atoms with Gasteiger partial charge in [0.2, 0.25) is 0 Å². The number of fused-ring (bicyclic) bond motifs is 1. The molecule has 3 heteroatoms. The van der Waals surface area contributed by atoms with Gasteiger partial charge in [0.25, 0.3) is 0 Å². The summed E-state index contributed by atoms with van der Waals surface area (Å²) in [6.07, 6.45) is 0. The van der Waals surface area contributed by atoms with E-state index in [1.165, 1.54) is 10.8 Å². The van der Waals surface area contributed by atoms with Crippen molar-refractivity contribution in [2.24, 2.45) is 0 Å². The van der Waals surface area contributed by atoms with Crippen molar-refractivity contribution in [3.63, 3.8) is 0 Å². The van der Waals surface area contributed by atoms with Crippen molar-refractivity contribution in [1.82, 2.24) is 15.3 Å². The monoisotopic (exact) mass is 263 g/mol. The van der Waals surface area contributed by atoms with E-state index in [1.807, 2.05) is 20.0 Å². The molecule has 0 spiro atoms. The van der Waals surface area contributed by atoms with Gasteiger partial charge in [-0.05, 0) is 30.8 Å². The van der Waals surface area contributed by atoms with Crippen molar-refractivity contribution in [2.45, 2.75) is 13.5 Å². The number of nitrogens with zero attached hydrogens (tertiary/aromatic N) is 2. The van der Waals surface area contributed by atoms with Gasteiger partial charge in [-0.1, -0.05) is 42.5 Å². The molecule has 0 aliphatic carbocycles. The predicted octanol–water partition coefficient (Wildman–Crippen LogP) is 3.32. The molecule has 0 aliphatic heterocycles. The second-order valence-corrected chi connectivity index (χ2v) is 4.87. The molecular weight excluding hydrogens is 246 g/mol. The Morgan fingerprint density at radius 3 is 2.65 bits per heavy atom. The van der Waals surface area contributed by atoms with Crippen molar-refractivity contribution in [2.75, 3.05) is 7.05 Å². The molecule has 3 rings (SSSR count). The lowest BCUT2D eigenvalue weighted by atomic mass is 10.0. The average molecular weight is 263 g/mol. The summed E-state index contributed by atoms with van der Waals surface area (Å²) in [5.74, 6) is 0.829. The Bertz CT molecular complexity index is 745. The van der Waals surface area contributed by atoms with Crippen LogP contribution in [0.3, 0.4) is 0 Å². The molecule has 0 saturated heterocycles. The molecule has 20 heavy (non-hydrogen) atoms. The third kappa shape index (κ3) is 2.40. The number of aromatic nitrogens is 2. The van der Waals surface area contributed by atoms with Gasteiger partial charge in [-0.15, -0.1) is 0 Å². The topological polar surface area (TPSA) is 37.8 Å². The molecule has 0 radical (unpaired) electrons. The lowest BCUT2D eigenvalue weighted by molar-refractivity contribution is 0.754. The van der Waals surface area contributed by atoms with Crippen molar-refractivity contribution in [3.05, 3.63) is 60.0 Å². The SMILES string of the molecule is CNCc1nc(C)cc(-c2cccc3ccccc23)n1. The Kier molecular flexibility index (Phi) is 3.44. The Morgan fingerprint density at radius 1 is 1.00 bits per heavy atom. The minimum absolute atomic E-state index is 0.680. The van der Waals surface area contributed by atoms with Crippen LogP contribution in [-0.2, 0) is 6.54 Å². The molecule has 0 fully saturated rings. The molecule has 0 saturated carbocycles. The number of rotatable bonds is 3. The van der Waals surface area contributed by atoms with E-state index in [2.05, 4.69) is 57.7 Å². The Morgan fingerprint density at radius 2 is 1.80 bits per heavy atom. The second kappa shape index (κ2) is 5.39. The zero-order valence-corrected chi connectivity index (χ0v) is 11.7. The summed E-state index contributed by atoms with van der Waals surface area (Å²) in [4.78, 5) is 9.13. The minimum Gasteiger partial charge on any atom is -0.313 e. The Hall–Kier alpha value is -2.26. The first kappa shape index (κ1) is 12.8. The molecule has 0 atom stereocenters. The molecule has 0 aliphatic rings. The summed E-state index contributed by atoms with van der Waals surface area (Å²) in [5.41, 5.74) is 3.14. The van der Waals surface area contributed by atoms with Crippen LogP contribution in [0.4, 0.5) is 0 Å². The number of aryl methyl sites for hydroxylation is 1. The van der Waals surface area contributed by atoms with Crippen LogP contribution < -0.4 is 5.32 Å². The van der Waals surface area contributed by atoms with E-state index in [0.717, 1.165) is 22.8 Å². The first-order chi connectivity index (χ1) is 9.78. The number of hydrogen-bond donors (Lipinski definition) is 1. The van der Waals surface area contributed by atoms with Crippen LogP contribution in [-0.4, -0.2) is 17.0 Å². The molecular formula is C17H17N3. The fourth-order valence-electron chi connectivity index (χ4n) is 2.45. The zero-order valence-electron chi connectivity index (χ0n) is 11.7. The maximum atomic E-state index is 4.67. The van der Waals surface area contributed by atoms with Gasteiger partial charge in [0.1, 0.15) is 5.82 Å². The molecule has 1 N–H and O–H groups in total. The fourth-order valence-corrected chi connectivity index (χ4v) is 2.45. The standard InChI is InChI=1S/C17H17N3/c1-12-10-16(20-17(19-12)11-18-2)15-9-5-7-13-6-3-4-8-14(13)15/h3-10,18H,11H2,1-2H3. The lowest BCUT2D eigenvalue weighted by Crippen LogP contribution is -2.10. The number of benzene rings is 2. The normalized spacial score (nSPS) is 10.9.